The van der Waals surface area contributed by atoms with Crippen LogP contribution in [0.1, 0.15) is 28.3 Å². The second kappa shape index (κ2) is 14.8. The van der Waals surface area contributed by atoms with Gasteiger partial charge in [-0.05, 0) is 47.9 Å². The molecule has 1 atom stereocenters. The molecule has 4 aromatic carbocycles. The number of rotatable bonds is 13. The van der Waals surface area contributed by atoms with Gasteiger partial charge in [-0.25, -0.2) is 0 Å². The number of nitrogens with zero attached hydrogens (tertiary/aromatic N) is 1. The van der Waals surface area contributed by atoms with E-state index in [-0.39, 0.29) is 18.9 Å². The van der Waals surface area contributed by atoms with Crippen LogP contribution in [0, 0.1) is 6.92 Å². The van der Waals surface area contributed by atoms with E-state index in [4.69, 9.17) is 23.7 Å². The summed E-state index contributed by atoms with van der Waals surface area (Å²) in [6, 6.07) is 24.7. The number of aryl methyl sites for hydroxylation is 1. The molecule has 1 unspecified atom stereocenters. The van der Waals surface area contributed by atoms with Crippen LogP contribution in [0.5, 0.6) is 28.7 Å². The molecule has 0 spiro atoms. The van der Waals surface area contributed by atoms with E-state index in [0.717, 1.165) is 16.7 Å². The molecule has 0 aromatic heterocycles. The van der Waals surface area contributed by atoms with Gasteiger partial charge in [0.25, 0.3) is 5.91 Å². The summed E-state index contributed by atoms with van der Waals surface area (Å²) in [5, 5.41) is 2.98. The SMILES string of the molecule is COc1ccc(NC(=O)C(c2cc(OC)c(OC)c(OC)c2)N(Cc2ccc(C)cc2)C(=O)Cc2ccccc2)c(OC)c1. The number of hydrogen-bond acceptors (Lipinski definition) is 7. The number of nitrogens with one attached hydrogen (secondary N) is 1. The Kier molecular flexibility index (Phi) is 10.7. The van der Waals surface area contributed by atoms with Gasteiger partial charge in [0.1, 0.15) is 17.5 Å². The second-order valence-corrected chi connectivity index (χ2v) is 10.1. The molecule has 230 valence electrons. The molecule has 0 heterocycles. The lowest BCUT2D eigenvalue weighted by molar-refractivity contribution is -0.139. The zero-order chi connectivity index (χ0) is 31.6. The molecular weight excluding hydrogens is 560 g/mol. The Morgan fingerprint density at radius 2 is 1.34 bits per heavy atom. The van der Waals surface area contributed by atoms with Crippen molar-refractivity contribution in [2.75, 3.05) is 40.9 Å². The Morgan fingerprint density at radius 3 is 1.91 bits per heavy atom. The highest BCUT2D eigenvalue weighted by Crippen LogP contribution is 2.42. The van der Waals surface area contributed by atoms with E-state index in [1.165, 1.54) is 28.4 Å². The number of methoxy groups -OCH3 is 5. The van der Waals surface area contributed by atoms with Gasteiger partial charge in [-0.2, -0.15) is 0 Å². The predicted octanol–water partition coefficient (Wildman–Crippen LogP) is 5.99. The van der Waals surface area contributed by atoms with Gasteiger partial charge in [0.15, 0.2) is 11.5 Å². The molecule has 0 fully saturated rings. The van der Waals surface area contributed by atoms with Gasteiger partial charge in [0, 0.05) is 12.6 Å². The zero-order valence-electron chi connectivity index (χ0n) is 25.9. The molecule has 0 saturated carbocycles. The molecule has 0 bridgehead atoms. The van der Waals surface area contributed by atoms with Crippen LogP contribution < -0.4 is 29.0 Å². The zero-order valence-corrected chi connectivity index (χ0v) is 25.9. The Hall–Kier alpha value is -5.18. The van der Waals surface area contributed by atoms with Crippen LogP contribution in [0.15, 0.2) is 84.9 Å². The second-order valence-electron chi connectivity index (χ2n) is 10.1. The van der Waals surface area contributed by atoms with Gasteiger partial charge in [-0.3, -0.25) is 9.59 Å². The summed E-state index contributed by atoms with van der Waals surface area (Å²) in [5.41, 5.74) is 3.66. The van der Waals surface area contributed by atoms with Gasteiger partial charge in [-0.1, -0.05) is 60.2 Å². The third-order valence-corrected chi connectivity index (χ3v) is 7.22. The van der Waals surface area contributed by atoms with Crippen LogP contribution in [-0.2, 0) is 22.6 Å². The molecule has 0 aliphatic rings. The first kappa shape index (κ1) is 31.7. The summed E-state index contributed by atoms with van der Waals surface area (Å²) in [6.45, 7) is 2.16. The first-order valence-electron chi connectivity index (χ1n) is 14.0. The highest BCUT2D eigenvalue weighted by molar-refractivity contribution is 5.99. The van der Waals surface area contributed by atoms with Crippen molar-refractivity contribution in [3.8, 4) is 28.7 Å². The molecule has 44 heavy (non-hydrogen) atoms. The van der Waals surface area contributed by atoms with Crippen LogP contribution in [-0.4, -0.2) is 52.3 Å². The Bertz CT molecular complexity index is 1550. The van der Waals surface area contributed by atoms with Crippen molar-refractivity contribution < 1.29 is 33.3 Å². The fourth-order valence-corrected chi connectivity index (χ4v) is 4.92. The first-order chi connectivity index (χ1) is 21.3. The quantitative estimate of drug-likeness (QED) is 0.202. The lowest BCUT2D eigenvalue weighted by Crippen LogP contribution is -2.41. The topological polar surface area (TPSA) is 95.6 Å². The third kappa shape index (κ3) is 7.42. The van der Waals surface area contributed by atoms with E-state index in [1.807, 2.05) is 61.5 Å². The highest BCUT2D eigenvalue weighted by atomic mass is 16.5. The number of anilines is 1. The molecule has 9 nitrogen and oxygen atoms in total. The van der Waals surface area contributed by atoms with Crippen molar-refractivity contribution in [3.63, 3.8) is 0 Å². The van der Waals surface area contributed by atoms with E-state index in [1.54, 1.807) is 42.3 Å². The predicted molar refractivity (Wildman–Crippen MR) is 169 cm³/mol. The van der Waals surface area contributed by atoms with Crippen LogP contribution >= 0.6 is 0 Å². The van der Waals surface area contributed by atoms with Crippen LogP contribution in [0.25, 0.3) is 0 Å². The van der Waals surface area contributed by atoms with E-state index in [9.17, 15) is 9.59 Å². The molecule has 0 saturated heterocycles. The molecule has 4 aromatic rings. The number of ether oxygens (including phenoxy) is 5. The number of carbonyl (C=O) groups is 2. The van der Waals surface area contributed by atoms with Gasteiger partial charge in [0.2, 0.25) is 11.7 Å². The Balaban J connectivity index is 1.87. The van der Waals surface area contributed by atoms with Crippen molar-refractivity contribution >= 4 is 17.5 Å². The standard InChI is InChI=1S/C35H38N2O7/c1-23-12-14-25(15-13-23)22-37(32(38)18-24-10-8-7-9-11-24)33(26-19-30(42-4)34(44-6)31(20-26)43-5)35(39)36-28-17-16-27(40-2)21-29(28)41-3/h7-17,19-21,33H,18,22H2,1-6H3,(H,36,39). The minimum atomic E-state index is -1.10. The highest BCUT2D eigenvalue weighted by Gasteiger charge is 2.34. The lowest BCUT2D eigenvalue weighted by atomic mass is 10.00. The van der Waals surface area contributed by atoms with Crippen molar-refractivity contribution in [1.29, 1.82) is 0 Å². The average Bonchev–Trinajstić information content (AvgIpc) is 3.05. The molecule has 9 heteroatoms. The van der Waals surface area contributed by atoms with Crippen molar-refractivity contribution in [2.45, 2.75) is 25.9 Å². The van der Waals surface area contributed by atoms with Gasteiger partial charge >= 0.3 is 0 Å². The number of amides is 2. The third-order valence-electron chi connectivity index (χ3n) is 7.22. The Labute approximate surface area is 258 Å². The summed E-state index contributed by atoms with van der Waals surface area (Å²) in [6.07, 6.45) is 0.0900. The van der Waals surface area contributed by atoms with Gasteiger partial charge in [-0.15, -0.1) is 0 Å². The summed E-state index contributed by atoms with van der Waals surface area (Å²) in [5.74, 6) is 1.35. The minimum absolute atomic E-state index is 0.0900. The lowest BCUT2D eigenvalue weighted by Gasteiger charge is -2.32. The summed E-state index contributed by atoms with van der Waals surface area (Å²) >= 11 is 0. The average molecular weight is 599 g/mol. The number of benzene rings is 4. The monoisotopic (exact) mass is 598 g/mol. The summed E-state index contributed by atoms with van der Waals surface area (Å²) in [4.78, 5) is 30.2. The van der Waals surface area contributed by atoms with Crippen LogP contribution in [0.2, 0.25) is 0 Å². The van der Waals surface area contributed by atoms with Crippen molar-refractivity contribution in [3.05, 3.63) is 107 Å². The molecule has 1 N–H and O–H groups in total. The summed E-state index contributed by atoms with van der Waals surface area (Å²) < 4.78 is 27.6. The van der Waals surface area contributed by atoms with Crippen molar-refractivity contribution in [2.24, 2.45) is 0 Å². The van der Waals surface area contributed by atoms with Crippen LogP contribution in [0.4, 0.5) is 5.69 Å². The molecule has 0 aliphatic heterocycles. The molecule has 0 aliphatic carbocycles. The first-order valence-corrected chi connectivity index (χ1v) is 14.0. The largest absolute Gasteiger partial charge is 0.497 e. The van der Waals surface area contributed by atoms with Gasteiger partial charge < -0.3 is 33.9 Å². The molecule has 2 amide bonds. The minimum Gasteiger partial charge on any atom is -0.497 e. The maximum Gasteiger partial charge on any atom is 0.251 e. The smallest absolute Gasteiger partial charge is 0.251 e. The van der Waals surface area contributed by atoms with Gasteiger partial charge in [0.05, 0.1) is 47.7 Å². The van der Waals surface area contributed by atoms with E-state index >= 15 is 0 Å². The van der Waals surface area contributed by atoms with E-state index < -0.39 is 11.9 Å². The fraction of sp³-hybridized carbons (Fsp3) is 0.257. The Morgan fingerprint density at radius 1 is 0.705 bits per heavy atom. The summed E-state index contributed by atoms with van der Waals surface area (Å²) in [7, 11) is 7.57. The molecular formula is C35H38N2O7. The van der Waals surface area contributed by atoms with E-state index in [0.29, 0.717) is 40.0 Å². The maximum atomic E-state index is 14.4. The normalized spacial score (nSPS) is 11.2. The molecule has 4 rings (SSSR count). The van der Waals surface area contributed by atoms with Crippen LogP contribution in [0.3, 0.4) is 0 Å². The number of hydrogen-bond donors (Lipinski definition) is 1. The number of carbonyl (C=O) groups excluding carboxylic acids is 2. The maximum absolute atomic E-state index is 14.4. The van der Waals surface area contributed by atoms with E-state index in [2.05, 4.69) is 5.32 Å². The fourth-order valence-electron chi connectivity index (χ4n) is 4.92. The molecule has 0 radical (unpaired) electrons. The van der Waals surface area contributed by atoms with Crippen molar-refractivity contribution in [1.82, 2.24) is 4.90 Å².